The van der Waals surface area contributed by atoms with Gasteiger partial charge in [0.05, 0.1) is 5.75 Å². The molecule has 1 N–H and O–H groups in total. The van der Waals surface area contributed by atoms with Gasteiger partial charge in [0, 0.05) is 6.26 Å². The highest BCUT2D eigenvalue weighted by Gasteiger charge is 2.39. The summed E-state index contributed by atoms with van der Waals surface area (Å²) < 4.78 is 58.6. The number of hydrogen-bond acceptors (Lipinski definition) is 3. The lowest BCUT2D eigenvalue weighted by Crippen LogP contribution is -2.43. The molecule has 7 heteroatoms. The van der Waals surface area contributed by atoms with Crippen LogP contribution in [0.25, 0.3) is 0 Å². The summed E-state index contributed by atoms with van der Waals surface area (Å²) in [4.78, 5) is 0. The predicted octanol–water partition coefficient (Wildman–Crippen LogP) is 1.35. The first-order chi connectivity index (χ1) is 6.67. The van der Waals surface area contributed by atoms with Crippen molar-refractivity contribution in [3.05, 3.63) is 0 Å². The van der Waals surface area contributed by atoms with E-state index < -0.39 is 34.2 Å². The molecular formula is C8H16F3NO2S. The Morgan fingerprint density at radius 2 is 1.87 bits per heavy atom. The number of nitrogens with one attached hydrogen (secondary N) is 1. The molecule has 0 saturated carbocycles. The molecule has 0 heterocycles. The van der Waals surface area contributed by atoms with Crippen molar-refractivity contribution in [3.8, 4) is 0 Å². The van der Waals surface area contributed by atoms with E-state index in [1.54, 1.807) is 6.92 Å². The molecule has 15 heavy (non-hydrogen) atoms. The van der Waals surface area contributed by atoms with Crippen molar-refractivity contribution in [1.29, 1.82) is 0 Å². The average molecular weight is 247 g/mol. The van der Waals surface area contributed by atoms with Gasteiger partial charge in [0.1, 0.15) is 15.9 Å². The van der Waals surface area contributed by atoms with Crippen LogP contribution in [0.2, 0.25) is 0 Å². The van der Waals surface area contributed by atoms with E-state index in [4.69, 9.17) is 0 Å². The monoisotopic (exact) mass is 247 g/mol. The van der Waals surface area contributed by atoms with Gasteiger partial charge in [-0.2, -0.15) is 13.2 Å². The van der Waals surface area contributed by atoms with E-state index in [1.807, 2.05) is 0 Å². The fourth-order valence-electron chi connectivity index (χ4n) is 1.03. The molecule has 0 aromatic heterocycles. The fourth-order valence-corrected chi connectivity index (χ4v) is 1.70. The normalized spacial score (nSPS) is 15.3. The Bertz CT molecular complexity index is 274. The summed E-state index contributed by atoms with van der Waals surface area (Å²) in [5, 5.41) is 2.29. The van der Waals surface area contributed by atoms with Crippen molar-refractivity contribution in [2.24, 2.45) is 0 Å². The van der Waals surface area contributed by atoms with Crippen LogP contribution in [-0.4, -0.2) is 39.2 Å². The highest BCUT2D eigenvalue weighted by atomic mass is 32.2. The van der Waals surface area contributed by atoms with Crippen molar-refractivity contribution in [2.75, 3.05) is 18.6 Å². The maximum absolute atomic E-state index is 12.4. The third-order valence-corrected chi connectivity index (χ3v) is 2.79. The summed E-state index contributed by atoms with van der Waals surface area (Å²) in [5.74, 6) is -0.451. The number of sulfone groups is 1. The number of alkyl halides is 3. The number of hydrogen-bond donors (Lipinski definition) is 1. The van der Waals surface area contributed by atoms with Crippen molar-refractivity contribution >= 4 is 9.84 Å². The summed E-state index contributed by atoms with van der Waals surface area (Å²) in [5.41, 5.74) is 0. The summed E-state index contributed by atoms with van der Waals surface area (Å²) in [6.45, 7) is 1.98. The molecule has 1 atom stereocenters. The SMILES string of the molecule is CCCNC(CCS(C)(=O)=O)C(F)(F)F. The van der Waals surface area contributed by atoms with Gasteiger partial charge in [-0.15, -0.1) is 0 Å². The van der Waals surface area contributed by atoms with Gasteiger partial charge in [-0.05, 0) is 19.4 Å². The zero-order valence-corrected chi connectivity index (χ0v) is 9.58. The van der Waals surface area contributed by atoms with Crippen LogP contribution in [0.15, 0.2) is 0 Å². The molecule has 92 valence electrons. The van der Waals surface area contributed by atoms with Gasteiger partial charge < -0.3 is 5.32 Å². The zero-order chi connectivity index (χ0) is 12.1. The Morgan fingerprint density at radius 1 is 1.33 bits per heavy atom. The van der Waals surface area contributed by atoms with Gasteiger partial charge in [0.25, 0.3) is 0 Å². The molecule has 0 rings (SSSR count). The highest BCUT2D eigenvalue weighted by molar-refractivity contribution is 7.90. The van der Waals surface area contributed by atoms with Gasteiger partial charge in [-0.1, -0.05) is 6.92 Å². The van der Waals surface area contributed by atoms with E-state index in [0.717, 1.165) is 6.26 Å². The second kappa shape index (κ2) is 5.69. The van der Waals surface area contributed by atoms with Crippen LogP contribution in [-0.2, 0) is 9.84 Å². The highest BCUT2D eigenvalue weighted by Crippen LogP contribution is 2.22. The van der Waals surface area contributed by atoms with E-state index in [0.29, 0.717) is 6.42 Å². The molecular weight excluding hydrogens is 231 g/mol. The fraction of sp³-hybridized carbons (Fsp3) is 1.00. The molecule has 0 spiro atoms. The molecule has 0 radical (unpaired) electrons. The molecule has 0 amide bonds. The quantitative estimate of drug-likeness (QED) is 0.770. The minimum atomic E-state index is -4.39. The Morgan fingerprint density at radius 3 is 2.20 bits per heavy atom. The molecule has 0 aliphatic carbocycles. The summed E-state index contributed by atoms with van der Waals surface area (Å²) in [6, 6.07) is -1.73. The second-order valence-electron chi connectivity index (χ2n) is 3.47. The van der Waals surface area contributed by atoms with Crippen LogP contribution in [0.3, 0.4) is 0 Å². The molecule has 0 fully saturated rings. The van der Waals surface area contributed by atoms with Crippen LogP contribution >= 0.6 is 0 Å². The minimum Gasteiger partial charge on any atom is -0.306 e. The summed E-state index contributed by atoms with van der Waals surface area (Å²) in [7, 11) is -3.34. The zero-order valence-electron chi connectivity index (χ0n) is 8.76. The van der Waals surface area contributed by atoms with Crippen molar-refractivity contribution in [1.82, 2.24) is 5.32 Å². The van der Waals surface area contributed by atoms with Gasteiger partial charge in [0.2, 0.25) is 0 Å². The topological polar surface area (TPSA) is 46.2 Å². The third-order valence-electron chi connectivity index (χ3n) is 1.81. The maximum Gasteiger partial charge on any atom is 0.403 e. The molecule has 0 aromatic rings. The van der Waals surface area contributed by atoms with Crippen LogP contribution in [0, 0.1) is 0 Å². The van der Waals surface area contributed by atoms with Gasteiger partial charge in [-0.3, -0.25) is 0 Å². The van der Waals surface area contributed by atoms with E-state index in [2.05, 4.69) is 5.32 Å². The molecule has 0 aliphatic heterocycles. The van der Waals surface area contributed by atoms with E-state index in [-0.39, 0.29) is 6.54 Å². The summed E-state index contributed by atoms with van der Waals surface area (Å²) in [6.07, 6.45) is -3.31. The second-order valence-corrected chi connectivity index (χ2v) is 5.73. The third kappa shape index (κ3) is 7.61. The van der Waals surface area contributed by atoms with Crippen LogP contribution < -0.4 is 5.32 Å². The Balaban J connectivity index is 4.26. The summed E-state index contributed by atoms with van der Waals surface area (Å²) >= 11 is 0. The van der Waals surface area contributed by atoms with Crippen molar-refractivity contribution in [3.63, 3.8) is 0 Å². The van der Waals surface area contributed by atoms with E-state index in [1.165, 1.54) is 0 Å². The van der Waals surface area contributed by atoms with Gasteiger partial charge in [0.15, 0.2) is 0 Å². The van der Waals surface area contributed by atoms with Crippen molar-refractivity contribution in [2.45, 2.75) is 32.0 Å². The lowest BCUT2D eigenvalue weighted by molar-refractivity contribution is -0.156. The molecule has 1 unspecified atom stereocenters. The lowest BCUT2D eigenvalue weighted by Gasteiger charge is -2.20. The Kier molecular flexibility index (Phi) is 5.58. The van der Waals surface area contributed by atoms with Crippen LogP contribution in [0.5, 0.6) is 0 Å². The van der Waals surface area contributed by atoms with E-state index in [9.17, 15) is 21.6 Å². The van der Waals surface area contributed by atoms with Crippen LogP contribution in [0.1, 0.15) is 19.8 Å². The molecule has 0 aromatic carbocycles. The first kappa shape index (κ1) is 14.7. The largest absolute Gasteiger partial charge is 0.403 e. The first-order valence-corrected chi connectivity index (χ1v) is 6.70. The van der Waals surface area contributed by atoms with Crippen molar-refractivity contribution < 1.29 is 21.6 Å². The van der Waals surface area contributed by atoms with Gasteiger partial charge >= 0.3 is 6.18 Å². The molecule has 0 aliphatic rings. The Labute approximate surface area is 88.0 Å². The number of halogens is 3. The molecule has 0 saturated heterocycles. The van der Waals surface area contributed by atoms with Gasteiger partial charge in [-0.25, -0.2) is 8.42 Å². The lowest BCUT2D eigenvalue weighted by atomic mass is 10.2. The smallest absolute Gasteiger partial charge is 0.306 e. The first-order valence-electron chi connectivity index (χ1n) is 4.64. The standard InChI is InChI=1S/C8H16F3NO2S/c1-3-5-12-7(8(9,10)11)4-6-15(2,13)14/h7,12H,3-6H2,1-2H3. The minimum absolute atomic E-state index is 0.230. The maximum atomic E-state index is 12.4. The number of rotatable bonds is 6. The van der Waals surface area contributed by atoms with E-state index >= 15 is 0 Å². The molecule has 0 bridgehead atoms. The Hall–Kier alpha value is -0.300. The molecule has 3 nitrogen and oxygen atoms in total. The predicted molar refractivity (Wildman–Crippen MR) is 52.5 cm³/mol. The van der Waals surface area contributed by atoms with Crippen LogP contribution in [0.4, 0.5) is 13.2 Å². The average Bonchev–Trinajstić information content (AvgIpc) is 1.99.